The molecule has 1 amide bonds. The van der Waals surface area contributed by atoms with Gasteiger partial charge in [0.05, 0.1) is 11.8 Å². The van der Waals surface area contributed by atoms with E-state index in [2.05, 4.69) is 15.6 Å². The second-order valence-electron chi connectivity index (χ2n) is 3.77. The number of hydrogen-bond acceptors (Lipinski definition) is 4. The van der Waals surface area contributed by atoms with E-state index in [1.54, 1.807) is 0 Å². The number of carboxylic acid groups (broad SMARTS) is 1. The molecule has 0 spiro atoms. The molecule has 0 aliphatic heterocycles. The highest BCUT2D eigenvalue weighted by Crippen LogP contribution is 2.11. The van der Waals surface area contributed by atoms with E-state index in [-0.39, 0.29) is 11.4 Å². The lowest BCUT2D eigenvalue weighted by atomic mass is 10.2. The standard InChI is InChI=1S/C11H8F2N4O3/c12-6-1-2-7(8(13)3-6)11(20)14-9-4-17(16-15-9)5-10(18)19/h1-4H,5H2,(H,14,20)(H,18,19). The second kappa shape index (κ2) is 5.43. The Bertz CT molecular complexity index is 671. The largest absolute Gasteiger partial charge is 0.480 e. The van der Waals surface area contributed by atoms with Crippen LogP contribution in [0, 0.1) is 11.6 Å². The maximum absolute atomic E-state index is 13.4. The van der Waals surface area contributed by atoms with Gasteiger partial charge < -0.3 is 10.4 Å². The van der Waals surface area contributed by atoms with Crippen molar-refractivity contribution < 1.29 is 23.5 Å². The topological polar surface area (TPSA) is 97.1 Å². The van der Waals surface area contributed by atoms with Crippen LogP contribution in [0.2, 0.25) is 0 Å². The number of anilines is 1. The summed E-state index contributed by atoms with van der Waals surface area (Å²) in [5.41, 5.74) is -0.362. The summed E-state index contributed by atoms with van der Waals surface area (Å²) in [6.07, 6.45) is 1.17. The van der Waals surface area contributed by atoms with Crippen molar-refractivity contribution >= 4 is 17.7 Å². The molecule has 0 radical (unpaired) electrons. The molecule has 1 heterocycles. The van der Waals surface area contributed by atoms with E-state index < -0.39 is 30.1 Å². The van der Waals surface area contributed by atoms with Crippen LogP contribution in [-0.2, 0) is 11.3 Å². The Morgan fingerprint density at radius 3 is 2.75 bits per heavy atom. The molecule has 0 aliphatic rings. The van der Waals surface area contributed by atoms with E-state index in [9.17, 15) is 18.4 Å². The number of aliphatic carboxylic acids is 1. The third kappa shape index (κ3) is 3.13. The molecule has 0 fully saturated rings. The van der Waals surface area contributed by atoms with Crippen LogP contribution in [0.15, 0.2) is 24.4 Å². The average molecular weight is 282 g/mol. The normalized spacial score (nSPS) is 10.3. The van der Waals surface area contributed by atoms with Crippen LogP contribution in [-0.4, -0.2) is 32.0 Å². The van der Waals surface area contributed by atoms with Gasteiger partial charge in [0.25, 0.3) is 5.91 Å². The Morgan fingerprint density at radius 2 is 2.10 bits per heavy atom. The Kier molecular flexibility index (Phi) is 3.69. The summed E-state index contributed by atoms with van der Waals surface area (Å²) in [5.74, 6) is -3.82. The molecule has 20 heavy (non-hydrogen) atoms. The molecule has 0 saturated heterocycles. The Balaban J connectivity index is 2.11. The zero-order valence-corrected chi connectivity index (χ0v) is 9.88. The first-order valence-electron chi connectivity index (χ1n) is 5.34. The van der Waals surface area contributed by atoms with Gasteiger partial charge in [-0.3, -0.25) is 9.59 Å². The lowest BCUT2D eigenvalue weighted by Crippen LogP contribution is -2.14. The van der Waals surface area contributed by atoms with E-state index in [0.29, 0.717) is 6.07 Å². The number of nitrogens with zero attached hydrogens (tertiary/aromatic N) is 3. The van der Waals surface area contributed by atoms with Gasteiger partial charge in [-0.2, -0.15) is 0 Å². The van der Waals surface area contributed by atoms with E-state index in [1.807, 2.05) is 0 Å². The number of nitrogens with one attached hydrogen (secondary N) is 1. The summed E-state index contributed by atoms with van der Waals surface area (Å²) in [6, 6.07) is 2.51. The quantitative estimate of drug-likeness (QED) is 0.868. The van der Waals surface area contributed by atoms with Crippen LogP contribution in [0.25, 0.3) is 0 Å². The van der Waals surface area contributed by atoms with Crippen LogP contribution in [0.3, 0.4) is 0 Å². The Labute approximate surface area is 110 Å². The van der Waals surface area contributed by atoms with Gasteiger partial charge in [-0.1, -0.05) is 5.21 Å². The zero-order valence-electron chi connectivity index (χ0n) is 9.88. The highest BCUT2D eigenvalue weighted by molar-refractivity contribution is 6.03. The van der Waals surface area contributed by atoms with E-state index in [4.69, 9.17) is 5.11 Å². The molecule has 2 rings (SSSR count). The Hall–Kier alpha value is -2.84. The SMILES string of the molecule is O=C(O)Cn1cc(NC(=O)c2ccc(F)cc2F)nn1. The average Bonchev–Trinajstić information content (AvgIpc) is 2.75. The minimum Gasteiger partial charge on any atom is -0.480 e. The molecule has 1 aromatic heterocycles. The summed E-state index contributed by atoms with van der Waals surface area (Å²) in [5, 5.41) is 17.7. The van der Waals surface area contributed by atoms with Crippen LogP contribution in [0.1, 0.15) is 10.4 Å². The van der Waals surface area contributed by atoms with Gasteiger partial charge in [0, 0.05) is 6.07 Å². The van der Waals surface area contributed by atoms with Crippen molar-refractivity contribution in [3.8, 4) is 0 Å². The minimum atomic E-state index is -1.13. The van der Waals surface area contributed by atoms with Crippen molar-refractivity contribution in [2.75, 3.05) is 5.32 Å². The zero-order chi connectivity index (χ0) is 14.7. The molecule has 1 aromatic carbocycles. The summed E-state index contributed by atoms with van der Waals surface area (Å²) < 4.78 is 27.1. The second-order valence-corrected chi connectivity index (χ2v) is 3.77. The third-order valence-corrected chi connectivity index (χ3v) is 2.25. The number of carbonyl (C=O) groups is 2. The highest BCUT2D eigenvalue weighted by atomic mass is 19.1. The van der Waals surface area contributed by atoms with Crippen molar-refractivity contribution in [2.24, 2.45) is 0 Å². The van der Waals surface area contributed by atoms with Crippen molar-refractivity contribution in [1.29, 1.82) is 0 Å². The van der Waals surface area contributed by atoms with Gasteiger partial charge >= 0.3 is 5.97 Å². The van der Waals surface area contributed by atoms with Crippen molar-refractivity contribution in [1.82, 2.24) is 15.0 Å². The molecule has 9 heteroatoms. The van der Waals surface area contributed by atoms with Gasteiger partial charge in [0.1, 0.15) is 18.2 Å². The minimum absolute atomic E-state index is 0.0417. The predicted octanol–water partition coefficient (Wildman–Crippen LogP) is 0.893. The fourth-order valence-corrected chi connectivity index (χ4v) is 1.43. The molecule has 0 atom stereocenters. The van der Waals surface area contributed by atoms with Crippen LogP contribution in [0.5, 0.6) is 0 Å². The molecule has 0 aliphatic carbocycles. The molecular weight excluding hydrogens is 274 g/mol. The molecule has 2 aromatic rings. The molecule has 0 unspecified atom stereocenters. The fraction of sp³-hybridized carbons (Fsp3) is 0.0909. The van der Waals surface area contributed by atoms with Gasteiger partial charge in [-0.05, 0) is 12.1 Å². The first kappa shape index (κ1) is 13.6. The molecule has 7 nitrogen and oxygen atoms in total. The van der Waals surface area contributed by atoms with Gasteiger partial charge in [0.15, 0.2) is 5.82 Å². The highest BCUT2D eigenvalue weighted by Gasteiger charge is 2.14. The number of amides is 1. The monoisotopic (exact) mass is 282 g/mol. The van der Waals surface area contributed by atoms with Gasteiger partial charge in [-0.25, -0.2) is 13.5 Å². The van der Waals surface area contributed by atoms with Crippen LogP contribution >= 0.6 is 0 Å². The molecular formula is C11H8F2N4O3. The number of carboxylic acids is 1. The number of hydrogen-bond donors (Lipinski definition) is 2. The maximum atomic E-state index is 13.4. The summed E-state index contributed by atoms with van der Waals surface area (Å²) in [6.45, 7) is -0.423. The van der Waals surface area contributed by atoms with Gasteiger partial charge in [0.2, 0.25) is 0 Å². The number of halogens is 2. The van der Waals surface area contributed by atoms with Crippen molar-refractivity contribution in [3.05, 3.63) is 41.6 Å². The molecule has 0 bridgehead atoms. The molecule has 104 valence electrons. The Morgan fingerprint density at radius 1 is 1.35 bits per heavy atom. The van der Waals surface area contributed by atoms with Crippen LogP contribution < -0.4 is 5.32 Å². The first-order chi connectivity index (χ1) is 9.45. The van der Waals surface area contributed by atoms with E-state index >= 15 is 0 Å². The van der Waals surface area contributed by atoms with Crippen molar-refractivity contribution in [2.45, 2.75) is 6.54 Å². The first-order valence-corrected chi connectivity index (χ1v) is 5.34. The lowest BCUT2D eigenvalue weighted by Gasteiger charge is -2.02. The van der Waals surface area contributed by atoms with Crippen LogP contribution in [0.4, 0.5) is 14.6 Å². The number of rotatable bonds is 4. The van der Waals surface area contributed by atoms with E-state index in [0.717, 1.165) is 16.8 Å². The predicted molar refractivity (Wildman–Crippen MR) is 62.0 cm³/mol. The smallest absolute Gasteiger partial charge is 0.325 e. The number of aromatic nitrogens is 3. The van der Waals surface area contributed by atoms with Crippen molar-refractivity contribution in [3.63, 3.8) is 0 Å². The van der Waals surface area contributed by atoms with Gasteiger partial charge in [-0.15, -0.1) is 5.10 Å². The summed E-state index contributed by atoms with van der Waals surface area (Å²) >= 11 is 0. The summed E-state index contributed by atoms with van der Waals surface area (Å²) in [7, 11) is 0. The summed E-state index contributed by atoms with van der Waals surface area (Å²) in [4.78, 5) is 22.1. The number of benzene rings is 1. The van der Waals surface area contributed by atoms with E-state index in [1.165, 1.54) is 6.20 Å². The fourth-order valence-electron chi connectivity index (χ4n) is 1.43. The third-order valence-electron chi connectivity index (χ3n) is 2.25. The molecule has 0 saturated carbocycles. The molecule has 2 N–H and O–H groups in total. The number of carbonyl (C=O) groups excluding carboxylic acids is 1. The lowest BCUT2D eigenvalue weighted by molar-refractivity contribution is -0.137. The maximum Gasteiger partial charge on any atom is 0.325 e.